The topological polar surface area (TPSA) is 328 Å². The molecule has 2 saturated heterocycles. The van der Waals surface area contributed by atoms with Crippen molar-refractivity contribution in [1.29, 1.82) is 0 Å². The fourth-order valence-electron chi connectivity index (χ4n) is 6.66. The molecule has 0 radical (unpaired) electrons. The Hall–Kier alpha value is -4.80. The van der Waals surface area contributed by atoms with Crippen molar-refractivity contribution in [2.75, 3.05) is 24.7 Å². The van der Waals surface area contributed by atoms with Gasteiger partial charge in [0.2, 0.25) is 41.4 Å². The van der Waals surface area contributed by atoms with Crippen molar-refractivity contribution in [1.82, 2.24) is 42.1 Å². The molecule has 0 bridgehead atoms. The SMILES string of the molecule is CC=C(NC(=O)[C@@H](N)[C@@H](C)CC)C(=O)N[C@H]1CSC[C@@H](C(=O)N[C@H](C(=O)N2CCC[C@H]2C(=O)O)[C@@H](C)O)NC(=O)[C@H](CC(C)C)NC(=O)[C@H](CO)NC(=O)[C@H]([C@@H](C)CC)NC1=O. The average molecular weight is 898 g/mol. The first-order valence-corrected chi connectivity index (χ1v) is 22.2. The molecule has 0 aromatic rings. The van der Waals surface area contributed by atoms with Crippen molar-refractivity contribution in [3.8, 4) is 0 Å². The normalized spacial score (nSPS) is 25.8. The highest BCUT2D eigenvalue weighted by Crippen LogP contribution is 2.20. The lowest BCUT2D eigenvalue weighted by molar-refractivity contribution is -0.150. The number of allylic oxidation sites excluding steroid dienone is 1. The Labute approximate surface area is 366 Å². The van der Waals surface area contributed by atoms with Crippen LogP contribution in [0.15, 0.2) is 11.8 Å². The molecule has 2 fully saturated rings. The van der Waals surface area contributed by atoms with Gasteiger partial charge in [-0.05, 0) is 50.9 Å². The number of carbonyl (C=O) groups is 9. The molecule has 2 heterocycles. The molecule has 21 nitrogen and oxygen atoms in total. The quantitative estimate of drug-likeness (QED) is 0.0719. The third kappa shape index (κ3) is 15.2. The number of nitrogens with one attached hydrogen (secondary N) is 7. The summed E-state index contributed by atoms with van der Waals surface area (Å²) in [4.78, 5) is 122. The average Bonchev–Trinajstić information content (AvgIpc) is 3.73. The number of nitrogens with zero attached hydrogens (tertiary/aromatic N) is 1. The van der Waals surface area contributed by atoms with Crippen LogP contribution in [0.3, 0.4) is 0 Å². The minimum Gasteiger partial charge on any atom is -0.480 e. The zero-order valence-electron chi connectivity index (χ0n) is 36.8. The Morgan fingerprint density at radius 2 is 1.53 bits per heavy atom. The summed E-state index contributed by atoms with van der Waals surface area (Å²) < 4.78 is 0. The number of hydrogen-bond acceptors (Lipinski definition) is 13. The maximum atomic E-state index is 14.1. The third-order valence-electron chi connectivity index (χ3n) is 11.0. The number of aliphatic hydroxyl groups is 2. The van der Waals surface area contributed by atoms with Crippen molar-refractivity contribution in [2.45, 2.75) is 142 Å². The van der Waals surface area contributed by atoms with E-state index in [4.69, 9.17) is 5.73 Å². The minimum absolute atomic E-state index is 0.0389. The first kappa shape index (κ1) is 53.3. The van der Waals surface area contributed by atoms with Gasteiger partial charge in [-0.15, -0.1) is 0 Å². The highest BCUT2D eigenvalue weighted by molar-refractivity contribution is 7.99. The number of thioether (sulfide) groups is 1. The number of likely N-dealkylation sites (tertiary alicyclic amines) is 1. The number of carboxylic acid groups (broad SMARTS) is 1. The molecule has 2 aliphatic heterocycles. The van der Waals surface area contributed by atoms with Gasteiger partial charge in [-0.2, -0.15) is 11.8 Å². The molecule has 8 amide bonds. The van der Waals surface area contributed by atoms with Crippen LogP contribution in [-0.4, -0.2) is 153 Å². The molecule has 22 heteroatoms. The number of carbonyl (C=O) groups excluding carboxylic acids is 8. The molecule has 62 heavy (non-hydrogen) atoms. The van der Waals surface area contributed by atoms with Crippen molar-refractivity contribution in [3.63, 3.8) is 0 Å². The van der Waals surface area contributed by atoms with Crippen LogP contribution in [0.1, 0.15) is 87.5 Å². The van der Waals surface area contributed by atoms with Crippen molar-refractivity contribution >= 4 is 65.0 Å². The summed E-state index contributed by atoms with van der Waals surface area (Å²) in [5.41, 5.74) is 5.84. The van der Waals surface area contributed by atoms with E-state index in [0.717, 1.165) is 16.7 Å². The van der Waals surface area contributed by atoms with Gasteiger partial charge >= 0.3 is 5.97 Å². The predicted molar refractivity (Wildman–Crippen MR) is 228 cm³/mol. The van der Waals surface area contributed by atoms with Gasteiger partial charge in [-0.3, -0.25) is 38.4 Å². The standard InChI is InChI=1S/C40H67N9O12S/c1-9-20(6)29(41)37(57)42-23(11-3)32(52)45-26-17-62-18-27(36(56)48-31(22(8)51)39(59)49-14-12-13-28(49)40(60)61)46-33(53)24(15-19(4)5)43-34(54)25(16-50)44-38(58)30(21(7)10-2)47-35(26)55/h11,19-22,24-31,50-51H,9-10,12-18,41H2,1-8H3,(H,42,57)(H,43,54)(H,44,58)(H,45,52)(H,46,53)(H,47,55)(H,48,56)(H,60,61)/t20-,21-,22+,24-,25-,26-,27-,28-,29-,30-,31-/m0/s1. The monoisotopic (exact) mass is 897 g/mol. The van der Waals surface area contributed by atoms with Crippen molar-refractivity contribution in [2.24, 2.45) is 23.5 Å². The van der Waals surface area contributed by atoms with Gasteiger partial charge in [0.05, 0.1) is 18.8 Å². The molecule has 11 atom stereocenters. The van der Waals surface area contributed by atoms with E-state index < -0.39 is 120 Å². The van der Waals surface area contributed by atoms with E-state index in [0.29, 0.717) is 19.3 Å². The summed E-state index contributed by atoms with van der Waals surface area (Å²) in [5, 5.41) is 48.2. The molecule has 350 valence electrons. The lowest BCUT2D eigenvalue weighted by Crippen LogP contribution is -2.63. The van der Waals surface area contributed by atoms with E-state index in [1.807, 2.05) is 6.92 Å². The van der Waals surface area contributed by atoms with Gasteiger partial charge in [0.15, 0.2) is 0 Å². The molecular weight excluding hydrogens is 831 g/mol. The van der Waals surface area contributed by atoms with Crippen LogP contribution >= 0.6 is 11.8 Å². The number of hydrogen-bond donors (Lipinski definition) is 11. The van der Waals surface area contributed by atoms with Crippen LogP contribution in [0.5, 0.6) is 0 Å². The zero-order chi connectivity index (χ0) is 47.0. The minimum atomic E-state index is -1.64. The number of amides is 8. The van der Waals surface area contributed by atoms with Crippen LogP contribution in [0, 0.1) is 17.8 Å². The number of rotatable bonds is 16. The molecule has 0 spiro atoms. The molecule has 0 aromatic heterocycles. The summed E-state index contributed by atoms with van der Waals surface area (Å²) >= 11 is 0.901. The lowest BCUT2D eigenvalue weighted by atomic mass is 9.97. The zero-order valence-corrected chi connectivity index (χ0v) is 37.6. The number of aliphatic carboxylic acids is 1. The summed E-state index contributed by atoms with van der Waals surface area (Å²) in [6, 6.07) is -11.0. The van der Waals surface area contributed by atoms with Crippen LogP contribution in [-0.2, 0) is 43.2 Å². The largest absolute Gasteiger partial charge is 0.480 e. The maximum Gasteiger partial charge on any atom is 0.326 e. The first-order chi connectivity index (χ1) is 29.1. The Bertz CT molecular complexity index is 1660. The highest BCUT2D eigenvalue weighted by Gasteiger charge is 2.41. The molecule has 12 N–H and O–H groups in total. The summed E-state index contributed by atoms with van der Waals surface area (Å²) in [5.74, 6) is -9.74. The predicted octanol–water partition coefficient (Wildman–Crippen LogP) is -2.42. The van der Waals surface area contributed by atoms with E-state index in [9.17, 15) is 58.5 Å². The van der Waals surface area contributed by atoms with E-state index in [1.54, 1.807) is 34.6 Å². The number of aliphatic hydroxyl groups excluding tert-OH is 2. The Balaban J connectivity index is 2.64. The van der Waals surface area contributed by atoms with Crippen LogP contribution in [0.4, 0.5) is 0 Å². The molecule has 0 aliphatic carbocycles. The van der Waals surface area contributed by atoms with Gasteiger partial charge in [0.1, 0.15) is 48.0 Å². The maximum absolute atomic E-state index is 14.1. The van der Waals surface area contributed by atoms with Crippen LogP contribution < -0.4 is 43.0 Å². The van der Waals surface area contributed by atoms with E-state index in [1.165, 1.54) is 19.9 Å². The van der Waals surface area contributed by atoms with Crippen LogP contribution in [0.25, 0.3) is 0 Å². The first-order valence-electron chi connectivity index (χ1n) is 21.1. The number of carboxylic acids is 1. The summed E-state index contributed by atoms with van der Waals surface area (Å²) in [7, 11) is 0. The Kier molecular flexibility index (Phi) is 21.8. The molecule has 2 aliphatic rings. The molecular formula is C40H67N9O12S. The fourth-order valence-corrected chi connectivity index (χ4v) is 7.74. The second-order valence-electron chi connectivity index (χ2n) is 16.3. The van der Waals surface area contributed by atoms with E-state index in [-0.39, 0.29) is 48.4 Å². The molecule has 2 rings (SSSR count). The van der Waals surface area contributed by atoms with Crippen molar-refractivity contribution < 1.29 is 58.5 Å². The molecule has 0 saturated carbocycles. The van der Waals surface area contributed by atoms with Gasteiger partial charge in [-0.25, -0.2) is 4.79 Å². The van der Waals surface area contributed by atoms with E-state index >= 15 is 0 Å². The number of nitrogens with two attached hydrogens (primary N) is 1. The summed E-state index contributed by atoms with van der Waals surface area (Å²) in [6.07, 6.45) is 1.31. The van der Waals surface area contributed by atoms with Gasteiger partial charge < -0.3 is 63.2 Å². The fraction of sp³-hybridized carbons (Fsp3) is 0.725. The second-order valence-corrected chi connectivity index (χ2v) is 17.4. The van der Waals surface area contributed by atoms with Crippen molar-refractivity contribution in [3.05, 3.63) is 11.8 Å². The lowest BCUT2D eigenvalue weighted by Gasteiger charge is -2.31. The smallest absolute Gasteiger partial charge is 0.326 e. The Morgan fingerprint density at radius 3 is 2.08 bits per heavy atom. The van der Waals surface area contributed by atoms with E-state index in [2.05, 4.69) is 37.2 Å². The van der Waals surface area contributed by atoms with Gasteiger partial charge in [0.25, 0.3) is 5.91 Å². The summed E-state index contributed by atoms with van der Waals surface area (Å²) in [6.45, 7) is 12.4. The van der Waals surface area contributed by atoms with Crippen LogP contribution in [0.2, 0.25) is 0 Å². The third-order valence-corrected chi connectivity index (χ3v) is 12.1. The van der Waals surface area contributed by atoms with Gasteiger partial charge in [0, 0.05) is 18.1 Å². The molecule has 0 aromatic carbocycles. The second kappa shape index (κ2) is 25.3. The Morgan fingerprint density at radius 1 is 0.903 bits per heavy atom. The molecule has 0 unspecified atom stereocenters. The van der Waals surface area contributed by atoms with Gasteiger partial charge in [-0.1, -0.05) is 60.5 Å². The highest BCUT2D eigenvalue weighted by atomic mass is 32.2.